The number of rotatable bonds is 12. The van der Waals surface area contributed by atoms with Crippen molar-refractivity contribution >= 4 is 17.6 Å². The van der Waals surface area contributed by atoms with Gasteiger partial charge in [-0.15, -0.1) is 0 Å². The molecule has 7 heteroatoms. The first-order valence-corrected chi connectivity index (χ1v) is 11.9. The number of carboxylic acids is 1. The van der Waals surface area contributed by atoms with Crippen molar-refractivity contribution in [3.8, 4) is 11.5 Å². The van der Waals surface area contributed by atoms with E-state index in [1.54, 1.807) is 50.6 Å². The van der Waals surface area contributed by atoms with E-state index < -0.39 is 18.0 Å². The number of ether oxygens (including phenoxy) is 2. The molecule has 3 aromatic carbocycles. The zero-order valence-corrected chi connectivity index (χ0v) is 20.9. The van der Waals surface area contributed by atoms with E-state index in [0.29, 0.717) is 41.2 Å². The number of amides is 1. The molecule has 0 unspecified atom stereocenters. The maximum absolute atomic E-state index is 13.4. The number of nitrogens with one attached hydrogen (secondary N) is 1. The Morgan fingerprint density at radius 1 is 0.917 bits per heavy atom. The van der Waals surface area contributed by atoms with Crippen molar-refractivity contribution in [1.82, 2.24) is 0 Å². The number of anilines is 1. The predicted molar refractivity (Wildman–Crippen MR) is 139 cm³/mol. The van der Waals surface area contributed by atoms with Crippen LogP contribution in [0.15, 0.2) is 66.7 Å². The molecule has 190 valence electrons. The fraction of sp³-hybridized carbons (Fsp3) is 0.310. The quantitative estimate of drug-likeness (QED) is 0.331. The lowest BCUT2D eigenvalue weighted by Gasteiger charge is -2.24. The molecule has 7 nitrogen and oxygen atoms in total. The Labute approximate surface area is 211 Å². The van der Waals surface area contributed by atoms with Gasteiger partial charge in [-0.05, 0) is 67.1 Å². The van der Waals surface area contributed by atoms with Crippen LogP contribution >= 0.6 is 0 Å². The standard InChI is InChI=1S/C29H33NO6/c1-19-25(35-2)17-22(18-26(19)36-3)28(33)24(11-7-10-20-8-5-4-6-9-20)29(34)30-23-14-12-21(13-15-23)16-27(31)32/h4-6,8-9,12-15,17-18,24,28,33H,7,10-11,16H2,1-3H3,(H,30,34)(H,31,32)/t24-,28-/m1/s1. The van der Waals surface area contributed by atoms with Crippen molar-refractivity contribution in [3.63, 3.8) is 0 Å². The van der Waals surface area contributed by atoms with Gasteiger partial charge in [-0.3, -0.25) is 9.59 Å². The third-order valence-corrected chi connectivity index (χ3v) is 6.23. The molecule has 0 fully saturated rings. The number of carbonyl (C=O) groups is 2. The molecular formula is C29H33NO6. The highest BCUT2D eigenvalue weighted by Crippen LogP contribution is 2.36. The van der Waals surface area contributed by atoms with Gasteiger partial charge in [0.1, 0.15) is 11.5 Å². The molecule has 0 aliphatic heterocycles. The van der Waals surface area contributed by atoms with Gasteiger partial charge in [-0.2, -0.15) is 0 Å². The number of hydrogen-bond acceptors (Lipinski definition) is 5. The van der Waals surface area contributed by atoms with Gasteiger partial charge >= 0.3 is 5.97 Å². The van der Waals surface area contributed by atoms with E-state index in [1.165, 1.54) is 5.56 Å². The number of aliphatic carboxylic acids is 1. The minimum atomic E-state index is -1.09. The van der Waals surface area contributed by atoms with Crippen LogP contribution in [-0.4, -0.2) is 36.3 Å². The Bertz CT molecular complexity index is 1140. The van der Waals surface area contributed by atoms with Crippen LogP contribution in [-0.2, 0) is 22.4 Å². The highest BCUT2D eigenvalue weighted by molar-refractivity contribution is 5.93. The maximum atomic E-state index is 13.4. The normalized spacial score (nSPS) is 12.4. The molecule has 36 heavy (non-hydrogen) atoms. The van der Waals surface area contributed by atoms with E-state index in [9.17, 15) is 14.7 Å². The minimum absolute atomic E-state index is 0.0911. The van der Waals surface area contributed by atoms with Gasteiger partial charge in [-0.25, -0.2) is 0 Å². The first kappa shape index (κ1) is 26.8. The number of benzene rings is 3. The van der Waals surface area contributed by atoms with Gasteiger partial charge in [0.15, 0.2) is 0 Å². The van der Waals surface area contributed by atoms with E-state index in [1.807, 2.05) is 37.3 Å². The largest absolute Gasteiger partial charge is 0.496 e. The van der Waals surface area contributed by atoms with Crippen LogP contribution in [0.1, 0.15) is 41.2 Å². The first-order chi connectivity index (χ1) is 17.3. The van der Waals surface area contributed by atoms with E-state index in [0.717, 1.165) is 12.0 Å². The van der Waals surface area contributed by atoms with Crippen molar-refractivity contribution in [2.75, 3.05) is 19.5 Å². The maximum Gasteiger partial charge on any atom is 0.307 e. The first-order valence-electron chi connectivity index (χ1n) is 11.9. The van der Waals surface area contributed by atoms with Crippen LogP contribution in [0.25, 0.3) is 0 Å². The molecule has 0 saturated carbocycles. The molecule has 0 spiro atoms. The molecule has 2 atom stereocenters. The molecule has 1 amide bonds. The highest BCUT2D eigenvalue weighted by Gasteiger charge is 2.29. The lowest BCUT2D eigenvalue weighted by molar-refractivity contribution is -0.136. The predicted octanol–water partition coefficient (Wildman–Crippen LogP) is 4.95. The molecule has 0 radical (unpaired) electrons. The average molecular weight is 492 g/mol. The third-order valence-electron chi connectivity index (χ3n) is 6.23. The average Bonchev–Trinajstić information content (AvgIpc) is 2.87. The lowest BCUT2D eigenvalue weighted by Crippen LogP contribution is -2.28. The number of hydrogen-bond donors (Lipinski definition) is 3. The van der Waals surface area contributed by atoms with Gasteiger partial charge < -0.3 is 25.0 Å². The van der Waals surface area contributed by atoms with E-state index in [2.05, 4.69) is 5.32 Å². The minimum Gasteiger partial charge on any atom is -0.496 e. The summed E-state index contributed by atoms with van der Waals surface area (Å²) in [7, 11) is 3.10. The van der Waals surface area contributed by atoms with Gasteiger partial charge in [0, 0.05) is 11.3 Å². The summed E-state index contributed by atoms with van der Waals surface area (Å²) in [5, 5.41) is 23.2. The summed E-state index contributed by atoms with van der Waals surface area (Å²) in [5.41, 5.74) is 3.68. The molecule has 0 bridgehead atoms. The smallest absolute Gasteiger partial charge is 0.307 e. The number of aliphatic hydroxyl groups excluding tert-OH is 1. The lowest BCUT2D eigenvalue weighted by atomic mass is 9.88. The highest BCUT2D eigenvalue weighted by atomic mass is 16.5. The van der Waals surface area contributed by atoms with Crippen molar-refractivity contribution in [3.05, 3.63) is 89.0 Å². The number of methoxy groups -OCH3 is 2. The monoisotopic (exact) mass is 491 g/mol. The Hall–Kier alpha value is -3.84. The Kier molecular flexibility index (Phi) is 9.47. The fourth-order valence-corrected chi connectivity index (χ4v) is 4.23. The van der Waals surface area contributed by atoms with E-state index >= 15 is 0 Å². The van der Waals surface area contributed by atoms with Gasteiger partial charge in [-0.1, -0.05) is 42.5 Å². The number of carbonyl (C=O) groups excluding carboxylic acids is 1. The second kappa shape index (κ2) is 12.7. The van der Waals surface area contributed by atoms with Gasteiger partial charge in [0.05, 0.1) is 32.7 Å². The molecule has 3 N–H and O–H groups in total. The SMILES string of the molecule is COc1cc([C@@H](O)[C@@H](CCCc2ccccc2)C(=O)Nc2ccc(CC(=O)O)cc2)cc(OC)c1C. The van der Waals surface area contributed by atoms with Crippen LogP contribution in [0, 0.1) is 12.8 Å². The summed E-state index contributed by atoms with van der Waals surface area (Å²) in [5.74, 6) is -0.830. The molecule has 0 aromatic heterocycles. The third kappa shape index (κ3) is 7.09. The van der Waals surface area contributed by atoms with Crippen LogP contribution in [0.3, 0.4) is 0 Å². The number of carboxylic acid groups (broad SMARTS) is 1. The van der Waals surface area contributed by atoms with Crippen molar-refractivity contribution in [2.24, 2.45) is 5.92 Å². The molecule has 0 aliphatic rings. The Morgan fingerprint density at radius 3 is 2.08 bits per heavy atom. The molecular weight excluding hydrogens is 458 g/mol. The van der Waals surface area contributed by atoms with Crippen molar-refractivity contribution < 1.29 is 29.3 Å². The Morgan fingerprint density at radius 2 is 1.53 bits per heavy atom. The summed E-state index contributed by atoms with van der Waals surface area (Å²) in [4.78, 5) is 24.3. The van der Waals surface area contributed by atoms with Crippen molar-refractivity contribution in [1.29, 1.82) is 0 Å². The molecule has 3 rings (SSSR count). The molecule has 3 aromatic rings. The second-order valence-corrected chi connectivity index (χ2v) is 8.74. The summed E-state index contributed by atoms with van der Waals surface area (Å²) in [6.07, 6.45) is 0.762. The molecule has 0 saturated heterocycles. The second-order valence-electron chi connectivity index (χ2n) is 8.74. The van der Waals surface area contributed by atoms with E-state index in [4.69, 9.17) is 14.6 Å². The van der Waals surface area contributed by atoms with Crippen LogP contribution in [0.5, 0.6) is 11.5 Å². The van der Waals surface area contributed by atoms with Crippen LogP contribution in [0.4, 0.5) is 5.69 Å². The van der Waals surface area contributed by atoms with Gasteiger partial charge in [0.25, 0.3) is 0 Å². The van der Waals surface area contributed by atoms with Crippen LogP contribution in [0.2, 0.25) is 0 Å². The summed E-state index contributed by atoms with van der Waals surface area (Å²) < 4.78 is 10.9. The topological polar surface area (TPSA) is 105 Å². The van der Waals surface area contributed by atoms with Crippen molar-refractivity contribution in [2.45, 2.75) is 38.7 Å². The zero-order valence-electron chi connectivity index (χ0n) is 20.9. The number of aliphatic hydroxyl groups is 1. The summed E-state index contributed by atoms with van der Waals surface area (Å²) in [6, 6.07) is 20.1. The number of aryl methyl sites for hydroxylation is 1. The van der Waals surface area contributed by atoms with Crippen LogP contribution < -0.4 is 14.8 Å². The summed E-state index contributed by atoms with van der Waals surface area (Å²) >= 11 is 0. The molecule has 0 aliphatic carbocycles. The van der Waals surface area contributed by atoms with Gasteiger partial charge in [0.2, 0.25) is 5.91 Å². The Balaban J connectivity index is 1.82. The van der Waals surface area contributed by atoms with E-state index in [-0.39, 0.29) is 12.3 Å². The fourth-order valence-electron chi connectivity index (χ4n) is 4.23. The summed E-state index contributed by atoms with van der Waals surface area (Å²) in [6.45, 7) is 1.87. The zero-order chi connectivity index (χ0) is 26.1. The molecule has 0 heterocycles.